The summed E-state index contributed by atoms with van der Waals surface area (Å²) in [6.45, 7) is 0.362. The van der Waals surface area contributed by atoms with Crippen LogP contribution in [-0.2, 0) is 34.3 Å². The van der Waals surface area contributed by atoms with E-state index in [1.54, 1.807) is 4.40 Å². The van der Waals surface area contributed by atoms with Gasteiger partial charge in [0.2, 0.25) is 15.9 Å². The highest BCUT2D eigenvalue weighted by atomic mass is 32.2. The lowest BCUT2D eigenvalue weighted by Crippen LogP contribution is -2.52. The third kappa shape index (κ3) is 3.43. The first-order valence-electron chi connectivity index (χ1n) is 8.53. The molecule has 1 amide bonds. The van der Waals surface area contributed by atoms with E-state index >= 15 is 0 Å². The Morgan fingerprint density at radius 2 is 1.89 bits per heavy atom. The standard InChI is InChI=1S/C18H19N5O3S/c1-27(25,26)23-12-14-7-3-2-6-13(14)10-15(23)18(24)19-11-17-21-20-16-8-4-5-9-22(16)17/h2-9,15H,10-12H2,1H3,(H,19,24)/t15-/m1/s1. The Hall–Kier alpha value is -2.78. The van der Waals surface area contributed by atoms with Crippen LogP contribution in [0.4, 0.5) is 0 Å². The first kappa shape index (κ1) is 17.6. The van der Waals surface area contributed by atoms with Crippen molar-refractivity contribution in [3.05, 3.63) is 65.6 Å². The quantitative estimate of drug-likeness (QED) is 0.714. The number of benzene rings is 1. The van der Waals surface area contributed by atoms with Crippen LogP contribution in [0.25, 0.3) is 5.65 Å². The summed E-state index contributed by atoms with van der Waals surface area (Å²) < 4.78 is 27.5. The number of rotatable bonds is 4. The molecule has 0 spiro atoms. The maximum atomic E-state index is 12.8. The van der Waals surface area contributed by atoms with Gasteiger partial charge in [0.25, 0.3) is 0 Å². The number of aromatic nitrogens is 3. The summed E-state index contributed by atoms with van der Waals surface area (Å²) in [5, 5.41) is 10.9. The first-order valence-corrected chi connectivity index (χ1v) is 10.4. The largest absolute Gasteiger partial charge is 0.347 e. The van der Waals surface area contributed by atoms with Crippen LogP contribution < -0.4 is 5.32 Å². The van der Waals surface area contributed by atoms with Crippen molar-refractivity contribution in [1.29, 1.82) is 0 Å². The molecule has 2 aromatic heterocycles. The first-order chi connectivity index (χ1) is 12.9. The van der Waals surface area contributed by atoms with Gasteiger partial charge in [0.05, 0.1) is 12.8 Å². The predicted octanol–water partition coefficient (Wildman–Crippen LogP) is 0.732. The molecule has 0 radical (unpaired) electrons. The lowest BCUT2D eigenvalue weighted by molar-refractivity contribution is -0.125. The topological polar surface area (TPSA) is 96.7 Å². The van der Waals surface area contributed by atoms with E-state index < -0.39 is 16.1 Å². The van der Waals surface area contributed by atoms with Crippen LogP contribution in [0.2, 0.25) is 0 Å². The highest BCUT2D eigenvalue weighted by Crippen LogP contribution is 2.25. The molecule has 1 atom stereocenters. The summed E-state index contributed by atoms with van der Waals surface area (Å²) in [5.41, 5.74) is 2.60. The van der Waals surface area contributed by atoms with E-state index in [2.05, 4.69) is 15.5 Å². The minimum atomic E-state index is -3.53. The summed E-state index contributed by atoms with van der Waals surface area (Å²) in [6, 6.07) is 12.3. The lowest BCUT2D eigenvalue weighted by Gasteiger charge is -2.34. The number of nitrogens with one attached hydrogen (secondary N) is 1. The number of hydrogen-bond donors (Lipinski definition) is 1. The summed E-state index contributed by atoms with van der Waals surface area (Å²) in [5.74, 6) is 0.240. The summed E-state index contributed by atoms with van der Waals surface area (Å²) in [6.07, 6.45) is 3.29. The molecule has 0 saturated carbocycles. The molecule has 0 bridgehead atoms. The molecular weight excluding hydrogens is 366 g/mol. The average Bonchev–Trinajstić information content (AvgIpc) is 3.07. The number of nitrogens with zero attached hydrogens (tertiary/aromatic N) is 4. The van der Waals surface area contributed by atoms with Crippen molar-refractivity contribution >= 4 is 21.6 Å². The van der Waals surface area contributed by atoms with E-state index in [4.69, 9.17) is 0 Å². The molecule has 1 aliphatic heterocycles. The summed E-state index contributed by atoms with van der Waals surface area (Å²) in [7, 11) is -3.53. The number of pyridine rings is 1. The number of hydrogen-bond acceptors (Lipinski definition) is 5. The van der Waals surface area contributed by atoms with E-state index in [0.29, 0.717) is 17.9 Å². The second kappa shape index (κ2) is 6.75. The molecule has 140 valence electrons. The van der Waals surface area contributed by atoms with Gasteiger partial charge in [-0.3, -0.25) is 9.20 Å². The van der Waals surface area contributed by atoms with E-state index in [-0.39, 0.29) is 19.0 Å². The van der Waals surface area contributed by atoms with Gasteiger partial charge in [0, 0.05) is 12.7 Å². The third-order valence-electron chi connectivity index (χ3n) is 4.74. The predicted molar refractivity (Wildman–Crippen MR) is 99.2 cm³/mol. The fraction of sp³-hybridized carbons (Fsp3) is 0.278. The zero-order valence-corrected chi connectivity index (χ0v) is 15.6. The molecule has 1 aliphatic rings. The Morgan fingerprint density at radius 1 is 1.15 bits per heavy atom. The molecule has 1 N–H and O–H groups in total. The number of sulfonamides is 1. The van der Waals surface area contributed by atoms with Gasteiger partial charge < -0.3 is 5.32 Å². The SMILES string of the molecule is CS(=O)(=O)N1Cc2ccccc2C[C@@H]1C(=O)NCc1nnc2ccccn12. The van der Waals surface area contributed by atoms with Gasteiger partial charge >= 0.3 is 0 Å². The zero-order valence-electron chi connectivity index (χ0n) is 14.7. The molecular formula is C18H19N5O3S. The molecule has 3 heterocycles. The van der Waals surface area contributed by atoms with E-state index in [9.17, 15) is 13.2 Å². The maximum Gasteiger partial charge on any atom is 0.239 e. The molecule has 27 heavy (non-hydrogen) atoms. The smallest absolute Gasteiger partial charge is 0.239 e. The molecule has 0 saturated heterocycles. The summed E-state index contributed by atoms with van der Waals surface area (Å²) >= 11 is 0. The second-order valence-electron chi connectivity index (χ2n) is 6.56. The van der Waals surface area contributed by atoms with Crippen molar-refractivity contribution in [1.82, 2.24) is 24.2 Å². The van der Waals surface area contributed by atoms with Crippen LogP contribution in [0.3, 0.4) is 0 Å². The van der Waals surface area contributed by atoms with Crippen molar-refractivity contribution in [2.45, 2.75) is 25.6 Å². The molecule has 8 nitrogen and oxygen atoms in total. The minimum Gasteiger partial charge on any atom is -0.347 e. The Labute approximate surface area is 156 Å². The van der Waals surface area contributed by atoms with Gasteiger partial charge in [-0.05, 0) is 29.7 Å². The van der Waals surface area contributed by atoms with Crippen LogP contribution in [0.1, 0.15) is 17.0 Å². The fourth-order valence-corrected chi connectivity index (χ4v) is 4.37. The zero-order chi connectivity index (χ0) is 19.0. The van der Waals surface area contributed by atoms with Gasteiger partial charge in [-0.2, -0.15) is 4.31 Å². The van der Waals surface area contributed by atoms with Crippen molar-refractivity contribution in [2.75, 3.05) is 6.26 Å². The van der Waals surface area contributed by atoms with Gasteiger partial charge in [-0.1, -0.05) is 30.3 Å². The molecule has 0 aliphatic carbocycles. The Kier molecular flexibility index (Phi) is 4.40. The second-order valence-corrected chi connectivity index (χ2v) is 8.49. The number of amides is 1. The monoisotopic (exact) mass is 385 g/mol. The van der Waals surface area contributed by atoms with Crippen molar-refractivity contribution in [3.8, 4) is 0 Å². The lowest BCUT2D eigenvalue weighted by atomic mass is 9.95. The highest BCUT2D eigenvalue weighted by molar-refractivity contribution is 7.88. The molecule has 0 fully saturated rings. The van der Waals surface area contributed by atoms with Crippen molar-refractivity contribution < 1.29 is 13.2 Å². The Morgan fingerprint density at radius 3 is 2.67 bits per heavy atom. The van der Waals surface area contributed by atoms with Crippen LogP contribution in [-0.4, -0.2) is 45.5 Å². The van der Waals surface area contributed by atoms with Crippen LogP contribution in [0.15, 0.2) is 48.7 Å². The van der Waals surface area contributed by atoms with Crippen molar-refractivity contribution in [3.63, 3.8) is 0 Å². The van der Waals surface area contributed by atoms with Gasteiger partial charge in [0.15, 0.2) is 11.5 Å². The summed E-state index contributed by atoms with van der Waals surface area (Å²) in [4.78, 5) is 12.8. The van der Waals surface area contributed by atoms with Crippen LogP contribution in [0.5, 0.6) is 0 Å². The van der Waals surface area contributed by atoms with Crippen molar-refractivity contribution in [2.24, 2.45) is 0 Å². The normalized spacial score (nSPS) is 17.6. The van der Waals surface area contributed by atoms with Gasteiger partial charge in [-0.25, -0.2) is 8.42 Å². The highest BCUT2D eigenvalue weighted by Gasteiger charge is 2.36. The maximum absolute atomic E-state index is 12.8. The molecule has 3 aromatic rings. The molecule has 0 unspecified atom stereocenters. The molecule has 4 rings (SSSR count). The van der Waals surface area contributed by atoms with E-state index in [0.717, 1.165) is 17.4 Å². The van der Waals surface area contributed by atoms with Crippen LogP contribution >= 0.6 is 0 Å². The number of carbonyl (C=O) groups excluding carboxylic acids is 1. The van der Waals surface area contributed by atoms with E-state index in [1.165, 1.54) is 4.31 Å². The number of carbonyl (C=O) groups is 1. The van der Waals surface area contributed by atoms with Gasteiger partial charge in [0.1, 0.15) is 6.04 Å². The minimum absolute atomic E-state index is 0.166. The fourth-order valence-electron chi connectivity index (χ4n) is 3.37. The third-order valence-corrected chi connectivity index (χ3v) is 5.97. The molecule has 1 aromatic carbocycles. The average molecular weight is 385 g/mol. The van der Waals surface area contributed by atoms with E-state index in [1.807, 2.05) is 48.7 Å². The van der Waals surface area contributed by atoms with Crippen LogP contribution in [0, 0.1) is 0 Å². The molecule has 9 heteroatoms. The number of fused-ring (bicyclic) bond motifs is 2. The Balaban J connectivity index is 1.56. The van der Waals surface area contributed by atoms with Gasteiger partial charge in [-0.15, -0.1) is 10.2 Å². The Bertz CT molecular complexity index is 1110.